The highest BCUT2D eigenvalue weighted by Gasteiger charge is 2.20. The zero-order chi connectivity index (χ0) is 21.3. The summed E-state index contributed by atoms with van der Waals surface area (Å²) >= 11 is 7.37. The van der Waals surface area contributed by atoms with Crippen molar-refractivity contribution in [1.29, 1.82) is 0 Å². The summed E-state index contributed by atoms with van der Waals surface area (Å²) in [5, 5.41) is 3.27. The van der Waals surface area contributed by atoms with Gasteiger partial charge in [-0.2, -0.15) is 0 Å². The largest absolute Gasteiger partial charge is 0.497 e. The highest BCUT2D eigenvalue weighted by Crippen LogP contribution is 2.37. The number of esters is 1. The van der Waals surface area contributed by atoms with E-state index in [1.807, 2.05) is 0 Å². The number of hydrogen-bond donors (Lipinski definition) is 1. The number of nitrogens with zero attached hydrogens (tertiary/aromatic N) is 2. The average molecular weight is 438 g/mol. The molecule has 29 heavy (non-hydrogen) atoms. The summed E-state index contributed by atoms with van der Waals surface area (Å²) < 4.78 is 12.9. The molecule has 0 aliphatic carbocycles. The van der Waals surface area contributed by atoms with Crippen LogP contribution in [0.5, 0.6) is 5.75 Å². The van der Waals surface area contributed by atoms with Gasteiger partial charge in [0.1, 0.15) is 16.4 Å². The van der Waals surface area contributed by atoms with Crippen LogP contribution in [0, 0.1) is 0 Å². The Morgan fingerprint density at radius 3 is 2.59 bits per heavy atom. The Morgan fingerprint density at radius 2 is 1.90 bits per heavy atom. The van der Waals surface area contributed by atoms with Crippen molar-refractivity contribution in [3.05, 3.63) is 55.0 Å². The Morgan fingerprint density at radius 1 is 1.17 bits per heavy atom. The Hall–Kier alpha value is -3.11. The predicted molar refractivity (Wildman–Crippen MR) is 109 cm³/mol. The standard InChI is InChI=1S/C18H16ClN3O6S/c1-21-12(7-14(24)22(2)18(21)26)20-13(23)8-28-17(25)16-15(19)10-5-4-9(27-3)6-11(10)29-16/h4-7H,8H2,1-3H3,(H,20,23). The molecule has 9 nitrogen and oxygen atoms in total. The number of benzene rings is 1. The molecule has 1 N–H and O–H groups in total. The number of hydrogen-bond acceptors (Lipinski definition) is 7. The predicted octanol–water partition coefficient (Wildman–Crippen LogP) is 1.76. The van der Waals surface area contributed by atoms with Gasteiger partial charge in [-0.3, -0.25) is 18.7 Å². The van der Waals surface area contributed by atoms with Crippen LogP contribution in [-0.4, -0.2) is 34.7 Å². The van der Waals surface area contributed by atoms with Crippen LogP contribution >= 0.6 is 22.9 Å². The van der Waals surface area contributed by atoms with Crippen molar-refractivity contribution in [2.24, 2.45) is 14.1 Å². The lowest BCUT2D eigenvalue weighted by atomic mass is 10.2. The van der Waals surface area contributed by atoms with Crippen LogP contribution < -0.4 is 21.3 Å². The van der Waals surface area contributed by atoms with E-state index in [1.165, 1.54) is 21.2 Å². The Balaban J connectivity index is 1.72. The molecule has 0 atom stereocenters. The topological polar surface area (TPSA) is 109 Å². The third-order valence-corrected chi connectivity index (χ3v) is 5.79. The van der Waals surface area contributed by atoms with E-state index in [4.69, 9.17) is 21.1 Å². The van der Waals surface area contributed by atoms with Crippen molar-refractivity contribution < 1.29 is 19.1 Å². The maximum Gasteiger partial charge on any atom is 0.350 e. The van der Waals surface area contributed by atoms with Gasteiger partial charge in [-0.1, -0.05) is 11.6 Å². The summed E-state index contributed by atoms with van der Waals surface area (Å²) in [6.07, 6.45) is 0. The van der Waals surface area contributed by atoms with Gasteiger partial charge in [0.2, 0.25) is 0 Å². The van der Waals surface area contributed by atoms with E-state index in [9.17, 15) is 19.2 Å². The fraction of sp³-hybridized carbons (Fsp3) is 0.222. The smallest absolute Gasteiger partial charge is 0.350 e. The van der Waals surface area contributed by atoms with Crippen LogP contribution in [-0.2, 0) is 23.6 Å². The van der Waals surface area contributed by atoms with Crippen molar-refractivity contribution in [3.8, 4) is 5.75 Å². The molecular weight excluding hydrogens is 422 g/mol. The zero-order valence-corrected chi connectivity index (χ0v) is 17.2. The second kappa shape index (κ2) is 8.10. The number of carbonyl (C=O) groups excluding carboxylic acids is 2. The van der Waals surface area contributed by atoms with E-state index in [0.717, 1.165) is 31.2 Å². The quantitative estimate of drug-likeness (QED) is 0.609. The lowest BCUT2D eigenvalue weighted by Gasteiger charge is -2.10. The van der Waals surface area contributed by atoms with Crippen LogP contribution in [0.15, 0.2) is 33.9 Å². The van der Waals surface area contributed by atoms with Gasteiger partial charge in [-0.25, -0.2) is 9.59 Å². The van der Waals surface area contributed by atoms with Crippen LogP contribution in [0.25, 0.3) is 10.1 Å². The number of rotatable bonds is 5. The minimum absolute atomic E-state index is 0.00821. The molecule has 11 heteroatoms. The number of fused-ring (bicyclic) bond motifs is 1. The molecule has 0 bridgehead atoms. The van der Waals surface area contributed by atoms with E-state index < -0.39 is 29.7 Å². The lowest BCUT2D eigenvalue weighted by molar-refractivity contribution is -0.119. The molecule has 0 aliphatic heterocycles. The summed E-state index contributed by atoms with van der Waals surface area (Å²) in [7, 11) is 4.25. The first-order valence-electron chi connectivity index (χ1n) is 8.23. The van der Waals surface area contributed by atoms with Gasteiger partial charge < -0.3 is 14.8 Å². The molecule has 1 aromatic carbocycles. The molecule has 0 spiro atoms. The number of nitrogens with one attached hydrogen (secondary N) is 1. The lowest BCUT2D eigenvalue weighted by Crippen LogP contribution is -2.38. The van der Waals surface area contributed by atoms with Crippen LogP contribution in [0.1, 0.15) is 9.67 Å². The number of aromatic nitrogens is 2. The first kappa shape index (κ1) is 20.6. The number of carbonyl (C=O) groups is 2. The second-order valence-corrected chi connectivity index (χ2v) is 7.43. The van der Waals surface area contributed by atoms with Gasteiger partial charge in [-0.05, 0) is 18.2 Å². The highest BCUT2D eigenvalue weighted by atomic mass is 35.5. The fourth-order valence-electron chi connectivity index (χ4n) is 2.53. The summed E-state index contributed by atoms with van der Waals surface area (Å²) in [6, 6.07) is 6.29. The third kappa shape index (κ3) is 4.03. The summed E-state index contributed by atoms with van der Waals surface area (Å²) in [5.41, 5.74) is -1.18. The Labute approximate surface area is 173 Å². The Kier molecular flexibility index (Phi) is 5.76. The number of ether oxygens (including phenoxy) is 2. The first-order chi connectivity index (χ1) is 13.7. The van der Waals surface area contributed by atoms with Crippen LogP contribution in [0.2, 0.25) is 5.02 Å². The SMILES string of the molecule is COc1ccc2c(Cl)c(C(=O)OCC(=O)Nc3cc(=O)n(C)c(=O)n3C)sc2c1. The van der Waals surface area contributed by atoms with Crippen molar-refractivity contribution >= 4 is 50.7 Å². The number of halogens is 1. The molecule has 0 aliphatic rings. The molecule has 0 saturated carbocycles. The molecule has 0 saturated heterocycles. The van der Waals surface area contributed by atoms with Gasteiger partial charge in [0.15, 0.2) is 6.61 Å². The maximum absolute atomic E-state index is 12.4. The normalized spacial score (nSPS) is 10.8. The van der Waals surface area contributed by atoms with E-state index in [2.05, 4.69) is 5.32 Å². The number of anilines is 1. The van der Waals surface area contributed by atoms with Crippen molar-refractivity contribution in [1.82, 2.24) is 9.13 Å². The molecule has 3 rings (SSSR count). The molecule has 0 radical (unpaired) electrons. The van der Waals surface area contributed by atoms with Gasteiger partial charge in [0.05, 0.1) is 12.1 Å². The number of methoxy groups -OCH3 is 1. The van der Waals surface area contributed by atoms with Crippen molar-refractivity contribution in [3.63, 3.8) is 0 Å². The number of amides is 1. The van der Waals surface area contributed by atoms with E-state index >= 15 is 0 Å². The summed E-state index contributed by atoms with van der Waals surface area (Å²) in [4.78, 5) is 48.2. The molecular formula is C18H16ClN3O6S. The minimum atomic E-state index is -0.761. The van der Waals surface area contributed by atoms with Crippen LogP contribution in [0.3, 0.4) is 0 Å². The molecule has 3 aromatic rings. The van der Waals surface area contributed by atoms with Gasteiger partial charge in [0, 0.05) is 30.2 Å². The van der Waals surface area contributed by atoms with Crippen LogP contribution in [0.4, 0.5) is 5.82 Å². The first-order valence-corrected chi connectivity index (χ1v) is 9.42. The zero-order valence-electron chi connectivity index (χ0n) is 15.6. The summed E-state index contributed by atoms with van der Waals surface area (Å²) in [5.74, 6) is -0.857. The second-order valence-electron chi connectivity index (χ2n) is 6.00. The molecule has 2 heterocycles. The van der Waals surface area contributed by atoms with Gasteiger partial charge in [-0.15, -0.1) is 11.3 Å². The third-order valence-electron chi connectivity index (χ3n) is 4.15. The molecule has 0 fully saturated rings. The molecule has 152 valence electrons. The monoisotopic (exact) mass is 437 g/mol. The van der Waals surface area contributed by atoms with Crippen molar-refractivity contribution in [2.45, 2.75) is 0 Å². The summed E-state index contributed by atoms with van der Waals surface area (Å²) in [6.45, 7) is -0.615. The maximum atomic E-state index is 12.4. The highest BCUT2D eigenvalue weighted by molar-refractivity contribution is 7.21. The number of thiophene rings is 1. The van der Waals surface area contributed by atoms with Crippen molar-refractivity contribution in [2.75, 3.05) is 19.0 Å². The molecule has 0 unspecified atom stereocenters. The van der Waals surface area contributed by atoms with E-state index in [1.54, 1.807) is 18.2 Å². The van der Waals surface area contributed by atoms with E-state index in [0.29, 0.717) is 11.1 Å². The fourth-order valence-corrected chi connectivity index (χ4v) is 3.96. The molecule has 1 amide bonds. The van der Waals surface area contributed by atoms with E-state index in [-0.39, 0.29) is 15.7 Å². The Bertz CT molecular complexity index is 1240. The van der Waals surface area contributed by atoms with Gasteiger partial charge in [0.25, 0.3) is 11.5 Å². The minimum Gasteiger partial charge on any atom is -0.497 e. The average Bonchev–Trinajstić information content (AvgIpc) is 3.04. The molecule has 2 aromatic heterocycles. The van der Waals surface area contributed by atoms with Gasteiger partial charge >= 0.3 is 11.7 Å².